The monoisotopic (exact) mass is 360 g/mol. The number of rotatable bonds is 5. The number of benzene rings is 1. The van der Waals surface area contributed by atoms with Crippen molar-refractivity contribution in [3.63, 3.8) is 0 Å². The molecule has 0 aliphatic heterocycles. The first-order valence-electron chi connectivity index (χ1n) is 8.08. The Kier molecular flexibility index (Phi) is 4.95. The van der Waals surface area contributed by atoms with Crippen LogP contribution in [-0.4, -0.2) is 20.7 Å². The van der Waals surface area contributed by atoms with Gasteiger partial charge in [-0.3, -0.25) is 15.5 Å². The average molecular weight is 360 g/mol. The van der Waals surface area contributed by atoms with Crippen molar-refractivity contribution < 1.29 is 4.92 Å². The Morgan fingerprint density at radius 1 is 1.26 bits per heavy atom. The van der Waals surface area contributed by atoms with Crippen LogP contribution in [0.5, 0.6) is 0 Å². The number of anilines is 1. The number of nitrogens with one attached hydrogen (secondary N) is 1. The highest BCUT2D eigenvalue weighted by molar-refractivity contribution is 5.82. The van der Waals surface area contributed by atoms with Crippen LogP contribution >= 0.6 is 0 Å². The molecule has 2 aromatic heterocycles. The zero-order valence-corrected chi connectivity index (χ0v) is 14.7. The minimum Gasteiger partial charge on any atom is -0.318 e. The van der Waals surface area contributed by atoms with Gasteiger partial charge in [0.1, 0.15) is 12.0 Å². The first kappa shape index (κ1) is 17.8. The summed E-state index contributed by atoms with van der Waals surface area (Å²) in [5, 5.41) is 23.7. The highest BCUT2D eigenvalue weighted by Crippen LogP contribution is 2.20. The van der Waals surface area contributed by atoms with Crippen LogP contribution in [0.3, 0.4) is 0 Å². The van der Waals surface area contributed by atoms with E-state index in [1.807, 2.05) is 32.0 Å². The second-order valence-corrected chi connectivity index (χ2v) is 5.85. The molecule has 134 valence electrons. The standard InChI is InChI=1S/C19H16N6O2/c1-13-9-16(11-22-23-19-8-7-18(12-21-19)25(26)27)14(2)24(13)17-5-3-15(10-20)4-6-17/h3-9,11-12H,1-2H3,(H,21,23)/b22-11+. The number of hydrogen-bond donors (Lipinski definition) is 1. The quantitative estimate of drug-likeness (QED) is 0.424. The third kappa shape index (κ3) is 3.82. The molecule has 8 nitrogen and oxygen atoms in total. The lowest BCUT2D eigenvalue weighted by atomic mass is 10.2. The van der Waals surface area contributed by atoms with Crippen LogP contribution < -0.4 is 5.43 Å². The molecule has 0 atom stereocenters. The molecule has 0 aliphatic rings. The molecule has 8 heteroatoms. The van der Waals surface area contributed by atoms with Gasteiger partial charge in [-0.05, 0) is 50.2 Å². The van der Waals surface area contributed by atoms with Gasteiger partial charge in [0.2, 0.25) is 0 Å². The van der Waals surface area contributed by atoms with Crippen LogP contribution in [0.15, 0.2) is 53.8 Å². The highest BCUT2D eigenvalue weighted by atomic mass is 16.6. The molecule has 0 unspecified atom stereocenters. The molecule has 1 N–H and O–H groups in total. The second-order valence-electron chi connectivity index (χ2n) is 5.85. The largest absolute Gasteiger partial charge is 0.318 e. The first-order valence-corrected chi connectivity index (χ1v) is 8.08. The normalized spacial score (nSPS) is 10.7. The minimum absolute atomic E-state index is 0.0736. The van der Waals surface area contributed by atoms with E-state index < -0.39 is 4.92 Å². The summed E-state index contributed by atoms with van der Waals surface area (Å²) < 4.78 is 2.08. The summed E-state index contributed by atoms with van der Waals surface area (Å²) in [6.07, 6.45) is 2.85. The Labute approximate surface area is 155 Å². The fraction of sp³-hybridized carbons (Fsp3) is 0.105. The maximum Gasteiger partial charge on any atom is 0.287 e. The summed E-state index contributed by atoms with van der Waals surface area (Å²) in [4.78, 5) is 14.1. The minimum atomic E-state index is -0.502. The summed E-state index contributed by atoms with van der Waals surface area (Å²) in [6.45, 7) is 3.98. The molecule has 0 spiro atoms. The van der Waals surface area contributed by atoms with Crippen molar-refractivity contribution in [3.05, 3.63) is 81.3 Å². The Hall–Kier alpha value is -3.99. The smallest absolute Gasteiger partial charge is 0.287 e. The van der Waals surface area contributed by atoms with Crippen LogP contribution in [-0.2, 0) is 0 Å². The van der Waals surface area contributed by atoms with Gasteiger partial charge in [-0.1, -0.05) is 0 Å². The Balaban J connectivity index is 1.78. The van der Waals surface area contributed by atoms with Crippen LogP contribution in [0.2, 0.25) is 0 Å². The summed E-state index contributed by atoms with van der Waals surface area (Å²) >= 11 is 0. The highest BCUT2D eigenvalue weighted by Gasteiger charge is 2.09. The van der Waals surface area contributed by atoms with Gasteiger partial charge in [0.05, 0.1) is 22.8 Å². The van der Waals surface area contributed by atoms with Gasteiger partial charge in [0.25, 0.3) is 5.69 Å². The summed E-state index contributed by atoms with van der Waals surface area (Å²) in [7, 11) is 0. The molecule has 0 saturated heterocycles. The van der Waals surface area contributed by atoms with E-state index in [0.717, 1.165) is 22.6 Å². The molecule has 3 aromatic rings. The average Bonchev–Trinajstić information content (AvgIpc) is 2.96. The molecule has 1 aromatic carbocycles. The second kappa shape index (κ2) is 7.49. The van der Waals surface area contributed by atoms with Crippen molar-refractivity contribution in [3.8, 4) is 11.8 Å². The van der Waals surface area contributed by atoms with Gasteiger partial charge in [0, 0.05) is 28.7 Å². The van der Waals surface area contributed by atoms with Gasteiger partial charge in [-0.2, -0.15) is 10.4 Å². The lowest BCUT2D eigenvalue weighted by molar-refractivity contribution is -0.385. The maximum absolute atomic E-state index is 10.6. The molecular formula is C19H16N6O2. The zero-order valence-electron chi connectivity index (χ0n) is 14.7. The first-order chi connectivity index (χ1) is 13.0. The van der Waals surface area contributed by atoms with Crippen LogP contribution in [0.25, 0.3) is 5.69 Å². The molecule has 0 amide bonds. The Morgan fingerprint density at radius 3 is 2.59 bits per heavy atom. The van der Waals surface area contributed by atoms with E-state index in [1.165, 1.54) is 18.3 Å². The molecule has 2 heterocycles. The van der Waals surface area contributed by atoms with Crippen molar-refractivity contribution in [2.24, 2.45) is 5.10 Å². The van der Waals surface area contributed by atoms with Crippen molar-refractivity contribution >= 4 is 17.7 Å². The number of nitrogens with zero attached hydrogens (tertiary/aromatic N) is 5. The molecule has 0 aliphatic carbocycles. The number of nitriles is 1. The number of aryl methyl sites for hydroxylation is 1. The number of hydrazone groups is 1. The summed E-state index contributed by atoms with van der Waals surface area (Å²) in [6, 6.07) is 14.3. The topological polar surface area (TPSA) is 109 Å². The third-order valence-corrected chi connectivity index (χ3v) is 4.07. The predicted octanol–water partition coefficient (Wildman–Crippen LogP) is 3.72. The van der Waals surface area contributed by atoms with Gasteiger partial charge in [-0.15, -0.1) is 0 Å². The Morgan fingerprint density at radius 2 is 2.00 bits per heavy atom. The van der Waals surface area contributed by atoms with Crippen LogP contribution in [0.4, 0.5) is 11.5 Å². The van der Waals surface area contributed by atoms with Gasteiger partial charge < -0.3 is 4.57 Å². The van der Waals surface area contributed by atoms with Gasteiger partial charge >= 0.3 is 0 Å². The Bertz CT molecular complexity index is 1040. The SMILES string of the molecule is Cc1cc(/C=N/Nc2ccc([N+](=O)[O-])cn2)c(C)n1-c1ccc(C#N)cc1. The molecular weight excluding hydrogens is 344 g/mol. The number of aromatic nitrogens is 2. The fourth-order valence-electron chi connectivity index (χ4n) is 2.73. The van der Waals surface area contributed by atoms with Crippen molar-refractivity contribution in [1.29, 1.82) is 5.26 Å². The fourth-order valence-corrected chi connectivity index (χ4v) is 2.73. The van der Waals surface area contributed by atoms with E-state index in [4.69, 9.17) is 5.26 Å². The molecule has 0 fully saturated rings. The zero-order chi connectivity index (χ0) is 19.4. The van der Waals surface area contributed by atoms with Gasteiger partial charge in [0.15, 0.2) is 0 Å². The van der Waals surface area contributed by atoms with E-state index in [9.17, 15) is 10.1 Å². The van der Waals surface area contributed by atoms with Crippen molar-refractivity contribution in [1.82, 2.24) is 9.55 Å². The molecule has 0 bridgehead atoms. The van der Waals surface area contributed by atoms with Crippen molar-refractivity contribution in [2.45, 2.75) is 13.8 Å². The molecule has 0 saturated carbocycles. The number of hydrogen-bond acceptors (Lipinski definition) is 6. The summed E-state index contributed by atoms with van der Waals surface area (Å²) in [5.74, 6) is 0.415. The molecule has 3 rings (SSSR count). The lowest BCUT2D eigenvalue weighted by Crippen LogP contribution is -2.00. The van der Waals surface area contributed by atoms with Gasteiger partial charge in [-0.25, -0.2) is 4.98 Å². The van der Waals surface area contributed by atoms with Crippen LogP contribution in [0.1, 0.15) is 22.5 Å². The van der Waals surface area contributed by atoms with E-state index in [0.29, 0.717) is 11.4 Å². The number of pyridine rings is 1. The summed E-state index contributed by atoms with van der Waals surface area (Å²) in [5.41, 5.74) is 7.22. The van der Waals surface area contributed by atoms with E-state index in [2.05, 4.69) is 26.1 Å². The predicted molar refractivity (Wildman–Crippen MR) is 102 cm³/mol. The number of nitro groups is 1. The van der Waals surface area contributed by atoms with Crippen molar-refractivity contribution in [2.75, 3.05) is 5.43 Å². The lowest BCUT2D eigenvalue weighted by Gasteiger charge is -2.09. The van der Waals surface area contributed by atoms with Crippen LogP contribution in [0, 0.1) is 35.3 Å². The van der Waals surface area contributed by atoms with E-state index >= 15 is 0 Å². The van der Waals surface area contributed by atoms with E-state index in [1.54, 1.807) is 18.3 Å². The maximum atomic E-state index is 10.6. The molecule has 27 heavy (non-hydrogen) atoms. The third-order valence-electron chi connectivity index (χ3n) is 4.07. The van der Waals surface area contributed by atoms with E-state index in [-0.39, 0.29) is 5.69 Å². The molecule has 0 radical (unpaired) electrons.